The van der Waals surface area contributed by atoms with Gasteiger partial charge in [0.2, 0.25) is 0 Å². The van der Waals surface area contributed by atoms with Crippen LogP contribution in [0.2, 0.25) is 0 Å². The molecule has 0 saturated heterocycles. The third kappa shape index (κ3) is 14.3. The normalized spacial score (nSPS) is 11.8. The third-order valence-corrected chi connectivity index (χ3v) is 29.9. The van der Waals surface area contributed by atoms with Crippen molar-refractivity contribution in [2.24, 2.45) is 0 Å². The number of hydrogen-bond acceptors (Lipinski definition) is 4. The van der Waals surface area contributed by atoms with Gasteiger partial charge >= 0.3 is 0 Å². The van der Waals surface area contributed by atoms with Gasteiger partial charge in [-0.05, 0) is 272 Å². The average Bonchev–Trinajstić information content (AvgIpc) is 1.58. The van der Waals surface area contributed by atoms with E-state index < -0.39 is 0 Å². The summed E-state index contributed by atoms with van der Waals surface area (Å²) in [6, 6.07) is 197. The molecule has 0 aliphatic carbocycles. The Morgan fingerprint density at radius 3 is 0.951 bits per heavy atom. The predicted octanol–water partition coefficient (Wildman–Crippen LogP) is 40.0. The van der Waals surface area contributed by atoms with E-state index in [1.165, 1.54) is 70.9 Å². The molecule has 0 bridgehead atoms. The van der Waals surface area contributed by atoms with E-state index >= 15 is 0 Å². The first-order valence-electron chi connectivity index (χ1n) is 49.5. The number of furan rings is 2. The second-order valence-corrected chi connectivity index (χ2v) is 37.9. The Kier molecular flexibility index (Phi) is 20.0. The first-order chi connectivity index (χ1) is 71.4. The van der Waals surface area contributed by atoms with Gasteiger partial charge < -0.3 is 18.6 Å². The minimum Gasteiger partial charge on any atom is -0.455 e. The molecule has 0 fully saturated rings. The van der Waals surface area contributed by atoms with E-state index in [-0.39, 0.29) is 0 Å². The van der Waals surface area contributed by atoms with Crippen molar-refractivity contribution in [3.05, 3.63) is 534 Å². The second kappa shape index (κ2) is 34.6. The lowest BCUT2D eigenvalue weighted by molar-refractivity contribution is 0.672. The summed E-state index contributed by atoms with van der Waals surface area (Å²) in [5.41, 5.74) is 34.4. The summed E-state index contributed by atoms with van der Waals surface area (Å²) in [6.45, 7) is 0. The molecule has 28 aromatic rings. The average molecular weight is 1830 g/mol. The zero-order valence-corrected chi connectivity index (χ0v) is 78.5. The Bertz CT molecular complexity index is 9990. The van der Waals surface area contributed by atoms with Crippen LogP contribution >= 0.6 is 0 Å². The molecule has 28 rings (SSSR count). The number of anilines is 6. The van der Waals surface area contributed by atoms with Crippen LogP contribution in [0.1, 0.15) is 0 Å². The fraction of sp³-hybridized carbons (Fsp3) is 0. The lowest BCUT2D eigenvalue weighted by Gasteiger charge is -2.29. The predicted molar refractivity (Wildman–Crippen MR) is 610 cm³/mol. The molecule has 0 spiro atoms. The van der Waals surface area contributed by atoms with Gasteiger partial charge in [-0.1, -0.05) is 443 Å². The van der Waals surface area contributed by atoms with Gasteiger partial charge in [-0.25, -0.2) is 0 Å². The van der Waals surface area contributed by atoms with E-state index in [0.29, 0.717) is 0 Å². The molecule has 4 heteroatoms. The fourth-order valence-corrected chi connectivity index (χ4v) is 22.9. The second-order valence-electron chi connectivity index (χ2n) is 37.9. The van der Waals surface area contributed by atoms with E-state index in [2.05, 4.69) is 544 Å². The molecule has 0 saturated carbocycles. The van der Waals surface area contributed by atoms with E-state index in [1.54, 1.807) is 0 Å². The summed E-state index contributed by atoms with van der Waals surface area (Å²) in [4.78, 5) is 4.93. The van der Waals surface area contributed by atoms with E-state index in [0.717, 1.165) is 216 Å². The lowest BCUT2D eigenvalue weighted by Crippen LogP contribution is -2.11. The van der Waals surface area contributed by atoms with Gasteiger partial charge in [0.1, 0.15) is 22.3 Å². The van der Waals surface area contributed by atoms with Crippen molar-refractivity contribution in [1.82, 2.24) is 0 Å². The van der Waals surface area contributed by atoms with Crippen LogP contribution in [0.25, 0.3) is 252 Å². The summed E-state index contributed by atoms with van der Waals surface area (Å²) in [7, 11) is 0. The molecule has 670 valence electrons. The van der Waals surface area contributed by atoms with Gasteiger partial charge in [-0.3, -0.25) is 0 Å². The minimum absolute atomic E-state index is 0.835. The van der Waals surface area contributed by atoms with Crippen LogP contribution < -0.4 is 9.80 Å². The number of hydrogen-bond donors (Lipinski definition) is 0. The van der Waals surface area contributed by atoms with Gasteiger partial charge in [0.05, 0.1) is 11.4 Å². The molecule has 0 unspecified atom stereocenters. The van der Waals surface area contributed by atoms with Gasteiger partial charge in [-0.2, -0.15) is 0 Å². The lowest BCUT2D eigenvalue weighted by atomic mass is 9.90. The van der Waals surface area contributed by atoms with E-state index in [1.807, 2.05) is 0 Å². The molecular weight excluding hydrogens is 1740 g/mol. The molecular formula is C140H88N2O2. The molecule has 26 aromatic carbocycles. The number of rotatable bonds is 17. The van der Waals surface area contributed by atoms with Crippen LogP contribution in [0.15, 0.2) is 543 Å². The quantitative estimate of drug-likeness (QED) is 0.0851. The third-order valence-electron chi connectivity index (χ3n) is 29.9. The van der Waals surface area contributed by atoms with Crippen molar-refractivity contribution in [2.75, 3.05) is 9.80 Å². The van der Waals surface area contributed by atoms with Crippen molar-refractivity contribution in [3.63, 3.8) is 0 Å². The molecule has 0 N–H and O–H groups in total. The first kappa shape index (κ1) is 83.2. The monoisotopic (exact) mass is 1830 g/mol. The summed E-state index contributed by atoms with van der Waals surface area (Å²) >= 11 is 0. The van der Waals surface area contributed by atoms with Gasteiger partial charge in [0.25, 0.3) is 0 Å². The molecule has 0 aliphatic heterocycles. The van der Waals surface area contributed by atoms with Crippen molar-refractivity contribution >= 4 is 164 Å². The first-order valence-corrected chi connectivity index (χ1v) is 49.5. The Balaban J connectivity index is 0.570. The molecule has 144 heavy (non-hydrogen) atoms. The number of benzene rings is 26. The molecule has 2 aromatic heterocycles. The fourth-order valence-electron chi connectivity index (χ4n) is 22.9. The maximum atomic E-state index is 7.55. The molecule has 2 heterocycles. The summed E-state index contributed by atoms with van der Waals surface area (Å²) < 4.78 is 14.4. The van der Waals surface area contributed by atoms with E-state index in [4.69, 9.17) is 8.83 Å². The number of fused-ring (bicyclic) bond motifs is 18. The Labute approximate surface area is 833 Å². The van der Waals surface area contributed by atoms with Gasteiger partial charge in [-0.15, -0.1) is 0 Å². The van der Waals surface area contributed by atoms with E-state index in [9.17, 15) is 0 Å². The molecule has 0 aliphatic rings. The summed E-state index contributed by atoms with van der Waals surface area (Å²) in [6.07, 6.45) is 0. The zero-order valence-electron chi connectivity index (χ0n) is 78.5. The standard InChI is InChI=1S/C140H88N2O2/c1-3-23-95(24-4-1)119-77-69-106(117-43-20-46-126-116-38-14-9-29-97(116)65-79-128(117)126)87-133(119)141(108-71-59-91(60-72-108)89-49-53-100(54-50-89)114-41-18-32-93-27-7-12-36-112(93)114)109-75-63-102(64-76-109)122-83-84-125(140-137(122)131-82-68-99-31-11-16-40-124(99)139(131)144-140)105-58-57-103-66-80-129-118(44-21-47-127(129)132(103)86-105)107-70-78-120(96-25-5-2-6-26-96)134(88-107)142(110-73-61-92(62-74-110)90-51-55-101(56-52-90)115-42-19-33-94-28-8-13-37-113(94)115)111-35-17-34-104(85-111)121-45-22-48-135-136(121)130-81-67-98-30-10-15-39-123(98)138(130)143-135/h1-88H. The Morgan fingerprint density at radius 1 is 0.125 bits per heavy atom. The van der Waals surface area contributed by atoms with Crippen LogP contribution in [0.4, 0.5) is 34.1 Å². The Morgan fingerprint density at radius 2 is 0.424 bits per heavy atom. The molecule has 4 nitrogen and oxygen atoms in total. The summed E-state index contributed by atoms with van der Waals surface area (Å²) in [5.74, 6) is 0. The Hall–Kier alpha value is -19.0. The van der Waals surface area contributed by atoms with Crippen molar-refractivity contribution < 1.29 is 8.83 Å². The van der Waals surface area contributed by atoms with Crippen LogP contribution in [0.5, 0.6) is 0 Å². The largest absolute Gasteiger partial charge is 0.455 e. The van der Waals surface area contributed by atoms with Gasteiger partial charge in [0.15, 0.2) is 0 Å². The summed E-state index contributed by atoms with van der Waals surface area (Å²) in [5, 5.41) is 23.2. The van der Waals surface area contributed by atoms with Crippen LogP contribution in [0.3, 0.4) is 0 Å². The SMILES string of the molecule is c1ccc(-c2ccc(-c3cccc4c3ccc3ccccc34)cc2N(c2ccc(-c3ccc(-c4cccc5ccccc45)cc3)cc2)c2ccc(-c3ccc(-c4ccc5ccc6c(-c7ccc(-c8ccccc8)c(N(c8ccc(-c9ccc(-c%10cccc%11ccccc%10%11)cc9)cc8)c8cccc(-c9cccc%10oc%11c%12ccccc%12ccc%11c9%10)c8)c7)cccc6c5c4)c4oc5c6ccccc6ccc5c34)cc2)cc1. The van der Waals surface area contributed by atoms with Crippen molar-refractivity contribution in [3.8, 4) is 122 Å². The maximum Gasteiger partial charge on any atom is 0.143 e. The minimum atomic E-state index is 0.835. The maximum absolute atomic E-state index is 7.55. The van der Waals surface area contributed by atoms with Crippen molar-refractivity contribution in [1.29, 1.82) is 0 Å². The zero-order chi connectivity index (χ0) is 94.8. The highest BCUT2D eigenvalue weighted by Crippen LogP contribution is 2.53. The highest BCUT2D eigenvalue weighted by atomic mass is 16.3. The van der Waals surface area contributed by atoms with Crippen LogP contribution in [-0.2, 0) is 0 Å². The molecule has 0 amide bonds. The number of nitrogens with zero attached hydrogens (tertiary/aromatic N) is 2. The van der Waals surface area contributed by atoms with Gasteiger partial charge in [0, 0.05) is 71.8 Å². The highest BCUT2D eigenvalue weighted by Gasteiger charge is 2.28. The smallest absolute Gasteiger partial charge is 0.143 e. The van der Waals surface area contributed by atoms with Crippen LogP contribution in [-0.4, -0.2) is 0 Å². The van der Waals surface area contributed by atoms with Crippen LogP contribution in [0, 0.1) is 0 Å². The molecule has 0 atom stereocenters. The van der Waals surface area contributed by atoms with Crippen molar-refractivity contribution in [2.45, 2.75) is 0 Å². The highest BCUT2D eigenvalue weighted by molar-refractivity contribution is 6.24. The molecule has 0 radical (unpaired) electrons. The topological polar surface area (TPSA) is 32.8 Å².